The van der Waals surface area contributed by atoms with Crippen LogP contribution < -0.4 is 20.1 Å². The van der Waals surface area contributed by atoms with Crippen LogP contribution in [0.15, 0.2) is 36.7 Å². The van der Waals surface area contributed by atoms with E-state index in [0.717, 1.165) is 32.8 Å². The van der Waals surface area contributed by atoms with E-state index in [-0.39, 0.29) is 0 Å². The standard InChI is InChI=1S/C22H23Cl2N5O4/c1-31-18-11-14-17(12-19(18)33-10-7-29-5-8-32-9-6-29)25-13-26-21(14)28-22(30)27-20-15(23)3-2-4-16(20)24/h2-4,11-13H,5-10H2,1H3,(H2,25,26,27,28,30). The van der Waals surface area contributed by atoms with Crippen LogP contribution >= 0.6 is 23.2 Å². The van der Waals surface area contributed by atoms with Crippen molar-refractivity contribution >= 4 is 51.6 Å². The predicted octanol–water partition coefficient (Wildman–Crippen LogP) is 4.30. The summed E-state index contributed by atoms with van der Waals surface area (Å²) in [5, 5.41) is 6.60. The van der Waals surface area contributed by atoms with Gasteiger partial charge in [0.05, 0.1) is 41.6 Å². The third kappa shape index (κ3) is 5.75. The van der Waals surface area contributed by atoms with Crippen LogP contribution in [0.1, 0.15) is 0 Å². The number of para-hydroxylation sites is 1. The molecule has 9 nitrogen and oxygen atoms in total. The summed E-state index contributed by atoms with van der Waals surface area (Å²) in [5.74, 6) is 1.38. The number of amides is 2. The molecule has 0 atom stereocenters. The molecule has 1 aromatic heterocycles. The number of halogens is 2. The lowest BCUT2D eigenvalue weighted by Gasteiger charge is -2.26. The van der Waals surface area contributed by atoms with Crippen molar-refractivity contribution in [3.8, 4) is 11.5 Å². The SMILES string of the molecule is COc1cc2c(NC(=O)Nc3c(Cl)cccc3Cl)ncnc2cc1OCCN1CCOCC1. The summed E-state index contributed by atoms with van der Waals surface area (Å²) in [6.45, 7) is 4.54. The van der Waals surface area contributed by atoms with Gasteiger partial charge < -0.3 is 19.5 Å². The lowest BCUT2D eigenvalue weighted by Crippen LogP contribution is -2.38. The predicted molar refractivity (Wildman–Crippen MR) is 128 cm³/mol. The van der Waals surface area contributed by atoms with E-state index in [1.807, 2.05) is 0 Å². The zero-order valence-electron chi connectivity index (χ0n) is 17.9. The molecule has 0 radical (unpaired) electrons. The number of hydrogen-bond acceptors (Lipinski definition) is 7. The number of ether oxygens (including phenoxy) is 3. The van der Waals surface area contributed by atoms with Gasteiger partial charge in [0.1, 0.15) is 18.8 Å². The van der Waals surface area contributed by atoms with Crippen molar-refractivity contribution in [1.82, 2.24) is 14.9 Å². The van der Waals surface area contributed by atoms with Gasteiger partial charge in [-0.2, -0.15) is 0 Å². The highest BCUT2D eigenvalue weighted by molar-refractivity contribution is 6.39. The van der Waals surface area contributed by atoms with Crippen molar-refractivity contribution in [2.24, 2.45) is 0 Å². The number of methoxy groups -OCH3 is 1. The Kier molecular flexibility index (Phi) is 7.66. The van der Waals surface area contributed by atoms with Gasteiger partial charge in [-0.1, -0.05) is 29.3 Å². The fourth-order valence-electron chi connectivity index (χ4n) is 3.41. The van der Waals surface area contributed by atoms with E-state index in [1.54, 1.807) is 37.4 Å². The molecule has 1 fully saturated rings. The first-order valence-corrected chi connectivity index (χ1v) is 11.1. The first kappa shape index (κ1) is 23.3. The van der Waals surface area contributed by atoms with Gasteiger partial charge in [0.25, 0.3) is 0 Å². The Hall–Kier alpha value is -2.85. The van der Waals surface area contributed by atoms with Crippen LogP contribution in [0, 0.1) is 0 Å². The molecule has 0 unspecified atom stereocenters. The molecule has 4 rings (SSSR count). The number of fused-ring (bicyclic) bond motifs is 1. The Labute approximate surface area is 200 Å². The third-order valence-corrected chi connectivity index (χ3v) is 5.75. The monoisotopic (exact) mass is 491 g/mol. The molecule has 2 amide bonds. The minimum absolute atomic E-state index is 0.304. The van der Waals surface area contributed by atoms with Crippen molar-refractivity contribution in [1.29, 1.82) is 0 Å². The summed E-state index contributed by atoms with van der Waals surface area (Å²) in [4.78, 5) is 23.4. The Morgan fingerprint density at radius 1 is 1.12 bits per heavy atom. The number of hydrogen-bond donors (Lipinski definition) is 2. The molecule has 1 aliphatic heterocycles. The van der Waals surface area contributed by atoms with E-state index in [2.05, 4.69) is 25.5 Å². The topological polar surface area (TPSA) is 97.8 Å². The Bertz CT molecular complexity index is 1120. The number of nitrogens with zero attached hydrogens (tertiary/aromatic N) is 3. The van der Waals surface area contributed by atoms with Gasteiger partial charge in [-0.15, -0.1) is 0 Å². The highest BCUT2D eigenvalue weighted by atomic mass is 35.5. The van der Waals surface area contributed by atoms with Crippen LogP contribution in [0.2, 0.25) is 10.0 Å². The smallest absolute Gasteiger partial charge is 0.324 e. The number of aromatic nitrogens is 2. The van der Waals surface area contributed by atoms with Gasteiger partial charge in [-0.25, -0.2) is 14.8 Å². The zero-order valence-corrected chi connectivity index (χ0v) is 19.4. The summed E-state index contributed by atoms with van der Waals surface area (Å²) in [6, 6.07) is 7.91. The maximum Gasteiger partial charge on any atom is 0.324 e. The van der Waals surface area contributed by atoms with Crippen LogP contribution in [-0.2, 0) is 4.74 Å². The molecule has 3 aromatic rings. The molecule has 1 saturated heterocycles. The van der Waals surface area contributed by atoms with E-state index in [0.29, 0.717) is 50.6 Å². The van der Waals surface area contributed by atoms with Gasteiger partial charge >= 0.3 is 6.03 Å². The quantitative estimate of drug-likeness (QED) is 0.508. The second-order valence-electron chi connectivity index (χ2n) is 7.22. The fraction of sp³-hybridized carbons (Fsp3) is 0.318. The average Bonchev–Trinajstić information content (AvgIpc) is 2.82. The van der Waals surface area contributed by atoms with Gasteiger partial charge in [0.15, 0.2) is 11.5 Å². The van der Waals surface area contributed by atoms with Crippen molar-refractivity contribution in [3.63, 3.8) is 0 Å². The Morgan fingerprint density at radius 3 is 2.61 bits per heavy atom. The number of morpholine rings is 1. The summed E-state index contributed by atoms with van der Waals surface area (Å²) < 4.78 is 16.8. The number of rotatable bonds is 7. The zero-order chi connectivity index (χ0) is 23.2. The number of carbonyl (C=O) groups excluding carboxylic acids is 1. The first-order chi connectivity index (χ1) is 16.0. The number of nitrogens with one attached hydrogen (secondary N) is 2. The van der Waals surface area contributed by atoms with Gasteiger partial charge in [-0.05, 0) is 18.2 Å². The largest absolute Gasteiger partial charge is 0.493 e. The minimum Gasteiger partial charge on any atom is -0.493 e. The van der Waals surface area contributed by atoms with Gasteiger partial charge in [0.2, 0.25) is 0 Å². The second-order valence-corrected chi connectivity index (χ2v) is 8.04. The van der Waals surface area contributed by atoms with Crippen molar-refractivity contribution in [2.75, 3.05) is 57.2 Å². The van der Waals surface area contributed by atoms with E-state index >= 15 is 0 Å². The van der Waals surface area contributed by atoms with Crippen LogP contribution in [0.5, 0.6) is 11.5 Å². The molecule has 174 valence electrons. The third-order valence-electron chi connectivity index (χ3n) is 5.12. The van der Waals surface area contributed by atoms with Gasteiger partial charge in [-0.3, -0.25) is 10.2 Å². The number of urea groups is 1. The maximum atomic E-state index is 12.6. The average molecular weight is 492 g/mol. The Balaban J connectivity index is 1.49. The Morgan fingerprint density at radius 2 is 1.88 bits per heavy atom. The maximum absolute atomic E-state index is 12.6. The summed E-state index contributed by atoms with van der Waals surface area (Å²) in [5.41, 5.74) is 0.906. The highest BCUT2D eigenvalue weighted by Gasteiger charge is 2.16. The van der Waals surface area contributed by atoms with E-state index < -0.39 is 6.03 Å². The molecule has 0 aliphatic carbocycles. The van der Waals surface area contributed by atoms with E-state index in [1.165, 1.54) is 6.33 Å². The molecule has 0 saturated carbocycles. The van der Waals surface area contributed by atoms with E-state index in [9.17, 15) is 4.79 Å². The van der Waals surface area contributed by atoms with Crippen LogP contribution in [0.4, 0.5) is 16.3 Å². The molecular weight excluding hydrogens is 469 g/mol. The molecule has 1 aliphatic rings. The molecular formula is C22H23Cl2N5O4. The number of carbonyl (C=O) groups is 1. The highest BCUT2D eigenvalue weighted by Crippen LogP contribution is 2.34. The summed E-state index contributed by atoms with van der Waals surface area (Å²) >= 11 is 12.3. The van der Waals surface area contributed by atoms with Crippen molar-refractivity contribution in [2.45, 2.75) is 0 Å². The molecule has 0 spiro atoms. The fourth-order valence-corrected chi connectivity index (χ4v) is 3.91. The molecule has 2 aromatic carbocycles. The summed E-state index contributed by atoms with van der Waals surface area (Å²) in [7, 11) is 1.55. The molecule has 2 N–H and O–H groups in total. The van der Waals surface area contributed by atoms with Crippen LogP contribution in [0.25, 0.3) is 10.9 Å². The van der Waals surface area contributed by atoms with Crippen LogP contribution in [0.3, 0.4) is 0 Å². The number of benzene rings is 2. The van der Waals surface area contributed by atoms with E-state index in [4.69, 9.17) is 37.4 Å². The lowest BCUT2D eigenvalue weighted by atomic mass is 10.2. The number of anilines is 2. The minimum atomic E-state index is -0.546. The van der Waals surface area contributed by atoms with Crippen LogP contribution in [-0.4, -0.2) is 67.5 Å². The molecule has 2 heterocycles. The molecule has 0 bridgehead atoms. The van der Waals surface area contributed by atoms with Gasteiger partial charge in [0, 0.05) is 31.1 Å². The van der Waals surface area contributed by atoms with Crippen molar-refractivity contribution < 1.29 is 19.0 Å². The summed E-state index contributed by atoms with van der Waals surface area (Å²) in [6.07, 6.45) is 1.37. The first-order valence-electron chi connectivity index (χ1n) is 10.3. The normalized spacial score (nSPS) is 14.2. The second kappa shape index (κ2) is 10.8. The lowest BCUT2D eigenvalue weighted by molar-refractivity contribution is 0.0321. The molecule has 11 heteroatoms. The van der Waals surface area contributed by atoms with Crippen molar-refractivity contribution in [3.05, 3.63) is 46.7 Å². The molecule has 33 heavy (non-hydrogen) atoms.